The van der Waals surface area contributed by atoms with Crippen LogP contribution in [0.4, 0.5) is 0 Å². The van der Waals surface area contributed by atoms with Gasteiger partial charge in [-0.15, -0.1) is 0 Å². The third kappa shape index (κ3) is 30.7. The number of aliphatic hydroxyl groups is 5. The molecule has 1 aliphatic heterocycles. The molecule has 8 atom stereocenters. The molecule has 1 rings (SSSR count). The Morgan fingerprint density at radius 3 is 2.00 bits per heavy atom. The van der Waals surface area contributed by atoms with Gasteiger partial charge < -0.3 is 44.6 Å². The van der Waals surface area contributed by atoms with Gasteiger partial charge >= 0.3 is 19.8 Å². The van der Waals surface area contributed by atoms with Crippen LogP contribution in [-0.2, 0) is 37.4 Å². The zero-order valence-corrected chi connectivity index (χ0v) is 36.9. The van der Waals surface area contributed by atoms with Crippen molar-refractivity contribution in [3.8, 4) is 0 Å². The Labute approximate surface area is 354 Å². The van der Waals surface area contributed by atoms with E-state index in [0.29, 0.717) is 32.1 Å². The maximum absolute atomic E-state index is 12.7. The summed E-state index contributed by atoms with van der Waals surface area (Å²) in [5.41, 5.74) is 0. The van der Waals surface area contributed by atoms with E-state index >= 15 is 0 Å². The van der Waals surface area contributed by atoms with Gasteiger partial charge in [-0.2, -0.15) is 0 Å². The molecule has 1 aliphatic rings. The van der Waals surface area contributed by atoms with Crippen molar-refractivity contribution in [2.75, 3.05) is 26.4 Å². The third-order valence-electron chi connectivity index (χ3n) is 10.1. The van der Waals surface area contributed by atoms with Crippen molar-refractivity contribution in [3.63, 3.8) is 0 Å². The monoisotopic (exact) mass is 863 g/mol. The summed E-state index contributed by atoms with van der Waals surface area (Å²) in [6.07, 6.45) is 25.8. The van der Waals surface area contributed by atoms with Gasteiger partial charge in [0.1, 0.15) is 12.7 Å². The van der Waals surface area contributed by atoms with Gasteiger partial charge in [-0.25, -0.2) is 4.57 Å². The lowest BCUT2D eigenvalue weighted by Gasteiger charge is -2.36. The predicted molar refractivity (Wildman–Crippen MR) is 227 cm³/mol. The summed E-state index contributed by atoms with van der Waals surface area (Å²) in [4.78, 5) is 35.2. The Hall–Kier alpha value is -1.97. The molecule has 6 N–H and O–H groups in total. The molecular formula is C44H79O14P. The quantitative estimate of drug-likeness (QED) is 0.0153. The fourth-order valence-electron chi connectivity index (χ4n) is 6.50. The van der Waals surface area contributed by atoms with Gasteiger partial charge in [0.25, 0.3) is 0 Å². The smallest absolute Gasteiger partial charge is 0.462 e. The molecule has 1 saturated heterocycles. The first-order valence-electron chi connectivity index (χ1n) is 22.3. The lowest BCUT2D eigenvalue weighted by molar-refractivity contribution is -0.199. The predicted octanol–water partition coefficient (Wildman–Crippen LogP) is 7.66. The van der Waals surface area contributed by atoms with Crippen LogP contribution in [0.5, 0.6) is 0 Å². The Morgan fingerprint density at radius 1 is 0.746 bits per heavy atom. The maximum atomic E-state index is 12.7. The number of rotatable bonds is 37. The normalized spacial score (nSPS) is 21.2. The van der Waals surface area contributed by atoms with E-state index in [2.05, 4.69) is 30.5 Å². The minimum atomic E-state index is -4.69. The summed E-state index contributed by atoms with van der Waals surface area (Å²) in [6, 6.07) is 0. The standard InChI is InChI=1S/C44H79O14P/c1-3-5-7-8-9-10-11-12-13-14-15-16-17-18-24-28-43(50)57-38(35-56-59(52,53)55-33-37(47)32-45)34-54-42(49)27-23-20-19-22-26-39-40(48)31-44(51)58-41(39)30-29-36(46)25-21-6-4-2/h10-11,19,22,29-30,36-41,44-48,51H,3-9,12-18,20-21,23-28,31-35H2,1-2H3,(H,52,53)/b11-10-,22-19-,30-29+/t36-,37-,38+,39-,40-,41+,44?/m0/s1. The topological polar surface area (TPSA) is 219 Å². The van der Waals surface area contributed by atoms with Gasteiger partial charge in [0.2, 0.25) is 0 Å². The second-order valence-electron chi connectivity index (χ2n) is 15.6. The number of phosphoric acid groups is 1. The zero-order chi connectivity index (χ0) is 43.6. The lowest BCUT2D eigenvalue weighted by Crippen LogP contribution is -2.43. The summed E-state index contributed by atoms with van der Waals surface area (Å²) < 4.78 is 38.3. The Balaban J connectivity index is 2.50. The SMILES string of the molecule is CCCCCC/C=C\CCCCCCCCCC(=O)O[C@H](COC(=O)CCC/C=C\C[C@H]1[C@@H](O)CC(O)O[C@@H]1/C=C/[C@@H](O)CCCCC)COP(=O)(O)OC[C@@H](O)CO. The van der Waals surface area contributed by atoms with E-state index in [1.54, 1.807) is 12.2 Å². The molecule has 0 amide bonds. The van der Waals surface area contributed by atoms with Gasteiger partial charge in [0.05, 0.1) is 38.1 Å². The maximum Gasteiger partial charge on any atom is 0.472 e. The molecule has 0 radical (unpaired) electrons. The largest absolute Gasteiger partial charge is 0.472 e. The van der Waals surface area contributed by atoms with Crippen LogP contribution >= 0.6 is 7.82 Å². The van der Waals surface area contributed by atoms with E-state index < -0.39 is 83.0 Å². The van der Waals surface area contributed by atoms with Crippen molar-refractivity contribution in [2.45, 2.75) is 198 Å². The fraction of sp³-hybridized carbons (Fsp3) is 0.818. The number of phosphoric ester groups is 1. The first-order valence-corrected chi connectivity index (χ1v) is 23.8. The van der Waals surface area contributed by atoms with E-state index in [9.17, 15) is 39.5 Å². The molecule has 0 spiro atoms. The van der Waals surface area contributed by atoms with Crippen LogP contribution in [0.2, 0.25) is 0 Å². The molecule has 0 aromatic rings. The molecule has 0 bridgehead atoms. The molecule has 0 aromatic carbocycles. The first kappa shape index (κ1) is 55.0. The van der Waals surface area contributed by atoms with E-state index in [4.69, 9.17) is 23.8 Å². The number of carbonyl (C=O) groups excluding carboxylic acids is 2. The van der Waals surface area contributed by atoms with E-state index in [1.807, 2.05) is 12.2 Å². The summed E-state index contributed by atoms with van der Waals surface area (Å²) in [7, 11) is -4.69. The van der Waals surface area contributed by atoms with E-state index in [-0.39, 0.29) is 25.2 Å². The summed E-state index contributed by atoms with van der Waals surface area (Å²) >= 11 is 0. The number of aliphatic hydroxyl groups excluding tert-OH is 5. The van der Waals surface area contributed by atoms with Crippen LogP contribution in [0.15, 0.2) is 36.5 Å². The number of allylic oxidation sites excluding steroid dienone is 4. The lowest BCUT2D eigenvalue weighted by atomic mass is 9.87. The van der Waals surface area contributed by atoms with Crippen molar-refractivity contribution in [2.24, 2.45) is 5.92 Å². The number of carbonyl (C=O) groups is 2. The van der Waals surface area contributed by atoms with Crippen LogP contribution < -0.4 is 0 Å². The molecule has 0 saturated carbocycles. The van der Waals surface area contributed by atoms with Gasteiger partial charge in [0, 0.05) is 25.2 Å². The van der Waals surface area contributed by atoms with Gasteiger partial charge in [-0.05, 0) is 57.8 Å². The molecular weight excluding hydrogens is 783 g/mol. The zero-order valence-electron chi connectivity index (χ0n) is 36.0. The highest BCUT2D eigenvalue weighted by Crippen LogP contribution is 2.43. The summed E-state index contributed by atoms with van der Waals surface area (Å²) in [5.74, 6) is -1.45. The number of unbranched alkanes of at least 4 members (excludes halogenated alkanes) is 14. The molecule has 59 heavy (non-hydrogen) atoms. The van der Waals surface area contributed by atoms with Crippen molar-refractivity contribution >= 4 is 19.8 Å². The highest BCUT2D eigenvalue weighted by atomic mass is 31.2. The minimum Gasteiger partial charge on any atom is -0.462 e. The molecule has 14 nitrogen and oxygen atoms in total. The van der Waals surface area contributed by atoms with Crippen LogP contribution in [0.1, 0.15) is 162 Å². The first-order chi connectivity index (χ1) is 28.4. The number of ether oxygens (including phenoxy) is 3. The van der Waals surface area contributed by atoms with Crippen molar-refractivity contribution < 1.29 is 67.8 Å². The Kier molecular flexibility index (Phi) is 33.2. The van der Waals surface area contributed by atoms with Crippen LogP contribution in [0, 0.1) is 5.92 Å². The average Bonchev–Trinajstić information content (AvgIpc) is 3.20. The molecule has 0 aromatic heterocycles. The molecule has 0 aliphatic carbocycles. The molecule has 15 heteroatoms. The minimum absolute atomic E-state index is 0.0466. The van der Waals surface area contributed by atoms with Crippen molar-refractivity contribution in [1.82, 2.24) is 0 Å². The highest BCUT2D eigenvalue weighted by Gasteiger charge is 2.35. The Bertz CT molecular complexity index is 1200. The summed E-state index contributed by atoms with van der Waals surface area (Å²) in [5, 5.41) is 49.3. The molecule has 344 valence electrons. The van der Waals surface area contributed by atoms with Crippen LogP contribution in [0.3, 0.4) is 0 Å². The van der Waals surface area contributed by atoms with Crippen LogP contribution in [0.25, 0.3) is 0 Å². The van der Waals surface area contributed by atoms with E-state index in [1.165, 1.54) is 44.9 Å². The van der Waals surface area contributed by atoms with Crippen LogP contribution in [-0.4, -0.2) is 106 Å². The van der Waals surface area contributed by atoms with Gasteiger partial charge in [0.15, 0.2) is 12.4 Å². The fourth-order valence-corrected chi connectivity index (χ4v) is 7.29. The highest BCUT2D eigenvalue weighted by molar-refractivity contribution is 7.47. The second-order valence-corrected chi connectivity index (χ2v) is 17.0. The average molecular weight is 863 g/mol. The molecule has 2 unspecified atom stereocenters. The number of esters is 2. The van der Waals surface area contributed by atoms with Gasteiger partial charge in [-0.3, -0.25) is 18.6 Å². The second kappa shape index (κ2) is 35.6. The summed E-state index contributed by atoms with van der Waals surface area (Å²) in [6.45, 7) is 1.94. The molecule has 1 heterocycles. The van der Waals surface area contributed by atoms with Gasteiger partial charge in [-0.1, -0.05) is 121 Å². The van der Waals surface area contributed by atoms with E-state index in [0.717, 1.165) is 51.4 Å². The number of hydrogen-bond acceptors (Lipinski definition) is 13. The van der Waals surface area contributed by atoms with Crippen molar-refractivity contribution in [1.29, 1.82) is 0 Å². The van der Waals surface area contributed by atoms with Crippen molar-refractivity contribution in [3.05, 3.63) is 36.5 Å². The number of hydrogen-bond donors (Lipinski definition) is 6. The molecule has 1 fully saturated rings. The Morgan fingerprint density at radius 2 is 1.32 bits per heavy atom. The third-order valence-corrected chi connectivity index (χ3v) is 11.0.